The summed E-state index contributed by atoms with van der Waals surface area (Å²) in [7, 11) is 2.93. The van der Waals surface area contributed by atoms with Gasteiger partial charge in [0.1, 0.15) is 5.75 Å². The van der Waals surface area contributed by atoms with Gasteiger partial charge in [-0.2, -0.15) is 0 Å². The molecule has 0 spiro atoms. The Balaban J connectivity index is 1.69. The summed E-state index contributed by atoms with van der Waals surface area (Å²) in [5.74, 6) is -0.706. The Morgan fingerprint density at radius 1 is 0.969 bits per heavy atom. The molecule has 0 radical (unpaired) electrons. The number of benzene rings is 2. The lowest BCUT2D eigenvalue weighted by Gasteiger charge is -2.30. The van der Waals surface area contributed by atoms with E-state index in [1.165, 1.54) is 7.11 Å². The average Bonchev–Trinajstić information content (AvgIpc) is 2.85. The van der Waals surface area contributed by atoms with Crippen LogP contribution in [0.5, 0.6) is 5.75 Å². The van der Waals surface area contributed by atoms with Crippen molar-refractivity contribution in [3.63, 3.8) is 0 Å². The third-order valence-electron chi connectivity index (χ3n) is 5.45. The molecule has 0 atom stereocenters. The van der Waals surface area contributed by atoms with E-state index in [0.29, 0.717) is 42.8 Å². The first-order valence-corrected chi connectivity index (χ1v) is 10.5. The van der Waals surface area contributed by atoms with E-state index in [1.54, 1.807) is 24.2 Å². The second-order valence-corrected chi connectivity index (χ2v) is 7.42. The van der Waals surface area contributed by atoms with E-state index in [4.69, 9.17) is 14.2 Å². The van der Waals surface area contributed by atoms with Crippen molar-refractivity contribution in [2.45, 2.75) is 12.8 Å². The standard InChI is InChI=1S/C25H27NO6/c1-30-22-11-7-6-10-20(22)16-21(18-8-4-3-5-9-18)25(29)32-17-23(27)26-14-12-19(13-15-26)24(28)31-2/h3-11,16,19H,12-15,17H2,1-2H3/b21-16+. The van der Waals surface area contributed by atoms with Crippen LogP contribution in [0.25, 0.3) is 11.6 Å². The zero-order chi connectivity index (χ0) is 22.9. The molecule has 2 aromatic rings. The number of rotatable bonds is 7. The van der Waals surface area contributed by atoms with Gasteiger partial charge in [-0.25, -0.2) is 4.79 Å². The van der Waals surface area contributed by atoms with Crippen molar-refractivity contribution in [1.82, 2.24) is 4.90 Å². The van der Waals surface area contributed by atoms with Gasteiger partial charge in [-0.05, 0) is 30.5 Å². The summed E-state index contributed by atoms with van der Waals surface area (Å²) in [5, 5.41) is 0. The number of amides is 1. The molecule has 0 saturated carbocycles. The van der Waals surface area contributed by atoms with E-state index < -0.39 is 5.97 Å². The van der Waals surface area contributed by atoms with Crippen LogP contribution in [0.1, 0.15) is 24.0 Å². The molecule has 0 unspecified atom stereocenters. The van der Waals surface area contributed by atoms with Crippen LogP contribution in [0.15, 0.2) is 54.6 Å². The zero-order valence-electron chi connectivity index (χ0n) is 18.3. The molecular weight excluding hydrogens is 410 g/mol. The van der Waals surface area contributed by atoms with E-state index >= 15 is 0 Å². The highest BCUT2D eigenvalue weighted by Crippen LogP contribution is 2.26. The first kappa shape index (κ1) is 23.1. The maximum Gasteiger partial charge on any atom is 0.339 e. The molecular formula is C25H27NO6. The number of nitrogens with zero attached hydrogens (tertiary/aromatic N) is 1. The molecule has 0 aliphatic carbocycles. The fraction of sp³-hybridized carbons (Fsp3) is 0.320. The van der Waals surface area contributed by atoms with Crippen LogP contribution < -0.4 is 4.74 Å². The van der Waals surface area contributed by atoms with Crippen molar-refractivity contribution in [2.24, 2.45) is 5.92 Å². The number of ether oxygens (including phenoxy) is 3. The highest BCUT2D eigenvalue weighted by Gasteiger charge is 2.28. The van der Waals surface area contributed by atoms with Gasteiger partial charge < -0.3 is 19.1 Å². The summed E-state index contributed by atoms with van der Waals surface area (Å²) in [4.78, 5) is 38.8. The number of carbonyl (C=O) groups excluding carboxylic acids is 3. The molecule has 168 valence electrons. The van der Waals surface area contributed by atoms with Crippen LogP contribution >= 0.6 is 0 Å². The van der Waals surface area contributed by atoms with Gasteiger partial charge in [0.2, 0.25) is 0 Å². The topological polar surface area (TPSA) is 82.1 Å². The van der Waals surface area contributed by atoms with Crippen LogP contribution in [0, 0.1) is 5.92 Å². The molecule has 1 fully saturated rings. The number of hydrogen-bond donors (Lipinski definition) is 0. The SMILES string of the molecule is COC(=O)C1CCN(C(=O)COC(=O)/C(=C/c2ccccc2OC)c2ccccc2)CC1. The minimum absolute atomic E-state index is 0.194. The van der Waals surface area contributed by atoms with Crippen LogP contribution in [-0.4, -0.2) is 56.7 Å². The summed E-state index contributed by atoms with van der Waals surface area (Å²) in [6, 6.07) is 16.5. The molecule has 7 nitrogen and oxygen atoms in total. The Morgan fingerprint density at radius 2 is 1.62 bits per heavy atom. The van der Waals surface area contributed by atoms with Gasteiger partial charge in [0, 0.05) is 18.7 Å². The van der Waals surface area contributed by atoms with Crippen molar-refractivity contribution < 1.29 is 28.6 Å². The minimum atomic E-state index is -0.597. The zero-order valence-corrected chi connectivity index (χ0v) is 18.3. The van der Waals surface area contributed by atoms with E-state index in [1.807, 2.05) is 48.5 Å². The van der Waals surface area contributed by atoms with Gasteiger partial charge in [-0.3, -0.25) is 9.59 Å². The largest absolute Gasteiger partial charge is 0.496 e. The van der Waals surface area contributed by atoms with Crippen LogP contribution in [-0.2, 0) is 23.9 Å². The Hall–Kier alpha value is -3.61. The van der Waals surface area contributed by atoms with Crippen molar-refractivity contribution in [2.75, 3.05) is 33.9 Å². The lowest BCUT2D eigenvalue weighted by atomic mass is 9.97. The molecule has 1 aliphatic heterocycles. The quantitative estimate of drug-likeness (QED) is 0.376. The van der Waals surface area contributed by atoms with Crippen molar-refractivity contribution in [1.29, 1.82) is 0 Å². The summed E-state index contributed by atoms with van der Waals surface area (Å²) in [6.07, 6.45) is 2.77. The van der Waals surface area contributed by atoms with Gasteiger partial charge in [-0.15, -0.1) is 0 Å². The molecule has 1 saturated heterocycles. The molecule has 7 heteroatoms. The summed E-state index contributed by atoms with van der Waals surface area (Å²) < 4.78 is 15.5. The normalized spacial score (nSPS) is 14.6. The van der Waals surface area contributed by atoms with Gasteiger partial charge >= 0.3 is 11.9 Å². The highest BCUT2D eigenvalue weighted by molar-refractivity contribution is 6.22. The number of para-hydroxylation sites is 1. The number of carbonyl (C=O) groups is 3. The molecule has 3 rings (SSSR count). The molecule has 0 aromatic heterocycles. The molecule has 2 aromatic carbocycles. The maximum atomic E-state index is 13.0. The smallest absolute Gasteiger partial charge is 0.339 e. The Kier molecular flexibility index (Phi) is 8.02. The van der Waals surface area contributed by atoms with Crippen LogP contribution in [0.3, 0.4) is 0 Å². The molecule has 1 heterocycles. The lowest BCUT2D eigenvalue weighted by Crippen LogP contribution is -2.42. The second-order valence-electron chi connectivity index (χ2n) is 7.42. The number of hydrogen-bond acceptors (Lipinski definition) is 6. The predicted molar refractivity (Wildman–Crippen MR) is 120 cm³/mol. The van der Waals surface area contributed by atoms with Gasteiger partial charge in [0.25, 0.3) is 5.91 Å². The number of piperidine rings is 1. The monoisotopic (exact) mass is 437 g/mol. The maximum absolute atomic E-state index is 13.0. The first-order chi connectivity index (χ1) is 15.5. The number of esters is 2. The molecule has 0 N–H and O–H groups in total. The predicted octanol–water partition coefficient (Wildman–Crippen LogP) is 3.19. The van der Waals surface area contributed by atoms with E-state index in [9.17, 15) is 14.4 Å². The summed E-state index contributed by atoms with van der Waals surface area (Å²) in [5.41, 5.74) is 1.73. The lowest BCUT2D eigenvalue weighted by molar-refractivity contribution is -0.151. The second kappa shape index (κ2) is 11.1. The van der Waals surface area contributed by atoms with Crippen molar-refractivity contribution in [3.8, 4) is 5.75 Å². The van der Waals surface area contributed by atoms with Gasteiger partial charge in [-0.1, -0.05) is 48.5 Å². The fourth-order valence-corrected chi connectivity index (χ4v) is 3.65. The first-order valence-electron chi connectivity index (χ1n) is 10.5. The Morgan fingerprint density at radius 3 is 2.28 bits per heavy atom. The third kappa shape index (κ3) is 5.75. The molecule has 1 aliphatic rings. The Labute approximate surface area is 187 Å². The molecule has 0 bridgehead atoms. The Bertz CT molecular complexity index is 977. The third-order valence-corrected chi connectivity index (χ3v) is 5.45. The van der Waals surface area contributed by atoms with Gasteiger partial charge in [0.05, 0.1) is 25.7 Å². The van der Waals surface area contributed by atoms with Crippen LogP contribution in [0.2, 0.25) is 0 Å². The van der Waals surface area contributed by atoms with E-state index in [0.717, 1.165) is 5.56 Å². The van der Waals surface area contributed by atoms with Crippen LogP contribution in [0.4, 0.5) is 0 Å². The average molecular weight is 437 g/mol. The van der Waals surface area contributed by atoms with E-state index in [2.05, 4.69) is 0 Å². The number of likely N-dealkylation sites (tertiary alicyclic amines) is 1. The van der Waals surface area contributed by atoms with Crippen molar-refractivity contribution >= 4 is 29.5 Å². The number of methoxy groups -OCH3 is 2. The summed E-state index contributed by atoms with van der Waals surface area (Å²) >= 11 is 0. The van der Waals surface area contributed by atoms with E-state index in [-0.39, 0.29) is 24.4 Å². The van der Waals surface area contributed by atoms with Gasteiger partial charge in [0.15, 0.2) is 6.61 Å². The highest BCUT2D eigenvalue weighted by atomic mass is 16.5. The fourth-order valence-electron chi connectivity index (χ4n) is 3.65. The van der Waals surface area contributed by atoms with Crippen molar-refractivity contribution in [3.05, 3.63) is 65.7 Å². The minimum Gasteiger partial charge on any atom is -0.496 e. The molecule has 32 heavy (non-hydrogen) atoms. The molecule has 1 amide bonds. The summed E-state index contributed by atoms with van der Waals surface area (Å²) in [6.45, 7) is 0.495.